The first-order chi connectivity index (χ1) is 8.73. The summed E-state index contributed by atoms with van der Waals surface area (Å²) >= 11 is 0. The van der Waals surface area contributed by atoms with Gasteiger partial charge in [-0.1, -0.05) is 13.8 Å². The van der Waals surface area contributed by atoms with Crippen molar-refractivity contribution in [3.05, 3.63) is 0 Å². The van der Waals surface area contributed by atoms with E-state index < -0.39 is 28.0 Å². The summed E-state index contributed by atoms with van der Waals surface area (Å²) in [6.45, 7) is 6.62. The molecule has 0 aromatic heterocycles. The van der Waals surface area contributed by atoms with Crippen molar-refractivity contribution in [1.82, 2.24) is 4.72 Å². The fourth-order valence-corrected chi connectivity index (χ4v) is 2.84. The molecule has 0 saturated carbocycles. The van der Waals surface area contributed by atoms with Gasteiger partial charge in [0.25, 0.3) is 0 Å². The van der Waals surface area contributed by atoms with Gasteiger partial charge < -0.3 is 9.47 Å². The van der Waals surface area contributed by atoms with Crippen molar-refractivity contribution in [2.24, 2.45) is 5.92 Å². The van der Waals surface area contributed by atoms with E-state index in [1.807, 2.05) is 4.72 Å². The fourth-order valence-electron chi connectivity index (χ4n) is 1.31. The van der Waals surface area contributed by atoms with Crippen molar-refractivity contribution in [2.45, 2.75) is 33.7 Å². The summed E-state index contributed by atoms with van der Waals surface area (Å²) in [4.78, 5) is 23.1. The summed E-state index contributed by atoms with van der Waals surface area (Å²) in [6, 6.07) is -1.65. The number of hydrogen-bond donors (Lipinski definition) is 1. The molecular formula is C11H21NO6S. The van der Waals surface area contributed by atoms with E-state index >= 15 is 0 Å². The average molecular weight is 295 g/mol. The number of ether oxygens (including phenoxy) is 2. The van der Waals surface area contributed by atoms with E-state index in [0.717, 1.165) is 0 Å². The van der Waals surface area contributed by atoms with Gasteiger partial charge in [-0.3, -0.25) is 0 Å². The van der Waals surface area contributed by atoms with E-state index in [4.69, 9.17) is 0 Å². The van der Waals surface area contributed by atoms with Crippen molar-refractivity contribution in [1.29, 1.82) is 0 Å². The Morgan fingerprint density at radius 2 is 1.47 bits per heavy atom. The molecule has 0 rings (SSSR count). The van der Waals surface area contributed by atoms with Crippen LogP contribution in [-0.4, -0.2) is 45.4 Å². The minimum Gasteiger partial charge on any atom is -0.464 e. The van der Waals surface area contributed by atoms with Crippen molar-refractivity contribution < 1.29 is 27.5 Å². The van der Waals surface area contributed by atoms with E-state index in [1.54, 1.807) is 27.7 Å². The van der Waals surface area contributed by atoms with Gasteiger partial charge in [0.1, 0.15) is 0 Å². The quantitative estimate of drug-likeness (QED) is 0.502. The van der Waals surface area contributed by atoms with E-state index in [9.17, 15) is 18.0 Å². The smallest absolute Gasteiger partial charge is 0.335 e. The molecule has 1 N–H and O–H groups in total. The Balaban J connectivity index is 4.95. The normalized spacial score (nSPS) is 11.7. The maximum absolute atomic E-state index is 11.7. The van der Waals surface area contributed by atoms with Crippen molar-refractivity contribution >= 4 is 22.0 Å². The van der Waals surface area contributed by atoms with Crippen LogP contribution in [0.5, 0.6) is 0 Å². The zero-order chi connectivity index (χ0) is 15.1. The molecule has 0 heterocycles. The van der Waals surface area contributed by atoms with Crippen LogP contribution < -0.4 is 4.72 Å². The van der Waals surface area contributed by atoms with Gasteiger partial charge in [0, 0.05) is 0 Å². The first-order valence-electron chi connectivity index (χ1n) is 6.06. The van der Waals surface area contributed by atoms with Gasteiger partial charge in [-0.05, 0) is 19.8 Å². The Hall–Kier alpha value is -1.15. The van der Waals surface area contributed by atoms with Crippen LogP contribution in [0.15, 0.2) is 0 Å². The summed E-state index contributed by atoms with van der Waals surface area (Å²) in [7, 11) is -3.76. The number of rotatable bonds is 8. The first-order valence-corrected chi connectivity index (χ1v) is 7.72. The number of carbonyl (C=O) groups excluding carboxylic acids is 2. The van der Waals surface area contributed by atoms with Crippen LogP contribution in [0.2, 0.25) is 0 Å². The second-order valence-electron chi connectivity index (χ2n) is 4.23. The second-order valence-corrected chi connectivity index (χ2v) is 6.03. The standard InChI is InChI=1S/C11H21NO6S/c1-5-17-10(13)9(11(14)18-6-2)12-19(15,16)7-8(3)4/h8-9,12H,5-7H2,1-4H3. The van der Waals surface area contributed by atoms with Crippen LogP contribution in [-0.2, 0) is 29.1 Å². The highest BCUT2D eigenvalue weighted by atomic mass is 32.2. The Bertz CT molecular complexity index is 385. The van der Waals surface area contributed by atoms with E-state index in [0.29, 0.717) is 0 Å². The highest BCUT2D eigenvalue weighted by molar-refractivity contribution is 7.89. The molecule has 0 aliphatic carbocycles. The zero-order valence-corrected chi connectivity index (χ0v) is 12.5. The lowest BCUT2D eigenvalue weighted by atomic mass is 10.3. The number of carbonyl (C=O) groups is 2. The predicted octanol–water partition coefficient (Wildman–Crippen LogP) is 0.0566. The largest absolute Gasteiger partial charge is 0.464 e. The van der Waals surface area contributed by atoms with Gasteiger partial charge in [-0.2, -0.15) is 4.72 Å². The molecule has 8 heteroatoms. The van der Waals surface area contributed by atoms with Gasteiger partial charge in [0.15, 0.2) is 0 Å². The van der Waals surface area contributed by atoms with Gasteiger partial charge in [0.05, 0.1) is 19.0 Å². The van der Waals surface area contributed by atoms with Crippen LogP contribution in [0, 0.1) is 5.92 Å². The van der Waals surface area contributed by atoms with Crippen LogP contribution in [0.25, 0.3) is 0 Å². The average Bonchev–Trinajstić information content (AvgIpc) is 2.24. The SMILES string of the molecule is CCOC(=O)C(NS(=O)(=O)CC(C)C)C(=O)OCC. The minimum absolute atomic E-state index is 0.0423. The summed E-state index contributed by atoms with van der Waals surface area (Å²) < 4.78 is 34.8. The van der Waals surface area contributed by atoms with Crippen LogP contribution in [0.1, 0.15) is 27.7 Å². The van der Waals surface area contributed by atoms with Gasteiger partial charge >= 0.3 is 11.9 Å². The third-order valence-electron chi connectivity index (χ3n) is 1.89. The molecule has 0 bridgehead atoms. The molecule has 0 aromatic carbocycles. The van der Waals surface area contributed by atoms with E-state index in [2.05, 4.69) is 9.47 Å². The lowest BCUT2D eigenvalue weighted by molar-refractivity contribution is -0.157. The molecule has 0 fully saturated rings. The molecule has 0 amide bonds. The number of esters is 2. The minimum atomic E-state index is -3.76. The molecule has 7 nitrogen and oxygen atoms in total. The third-order valence-corrected chi connectivity index (χ3v) is 3.60. The molecule has 0 aromatic rings. The molecule has 0 aliphatic heterocycles. The highest BCUT2D eigenvalue weighted by Crippen LogP contribution is 2.02. The van der Waals surface area contributed by atoms with Gasteiger partial charge in [-0.25, -0.2) is 18.0 Å². The van der Waals surface area contributed by atoms with Crippen LogP contribution in [0.4, 0.5) is 0 Å². The Morgan fingerprint density at radius 3 is 1.79 bits per heavy atom. The third kappa shape index (κ3) is 7.12. The molecule has 0 aliphatic rings. The molecule has 112 valence electrons. The number of nitrogens with one attached hydrogen (secondary N) is 1. The Morgan fingerprint density at radius 1 is 1.05 bits per heavy atom. The number of hydrogen-bond acceptors (Lipinski definition) is 6. The Labute approximate surface area is 113 Å². The molecular weight excluding hydrogens is 274 g/mol. The van der Waals surface area contributed by atoms with E-state index in [1.165, 1.54) is 0 Å². The van der Waals surface area contributed by atoms with E-state index in [-0.39, 0.29) is 24.9 Å². The monoisotopic (exact) mass is 295 g/mol. The van der Waals surface area contributed by atoms with Crippen molar-refractivity contribution in [3.8, 4) is 0 Å². The first kappa shape index (κ1) is 17.8. The molecule has 0 unspecified atom stereocenters. The maximum atomic E-state index is 11.7. The topological polar surface area (TPSA) is 98.8 Å². The van der Waals surface area contributed by atoms with Gasteiger partial charge in [0.2, 0.25) is 16.1 Å². The zero-order valence-electron chi connectivity index (χ0n) is 11.6. The summed E-state index contributed by atoms with van der Waals surface area (Å²) in [6.07, 6.45) is 0. The van der Waals surface area contributed by atoms with Gasteiger partial charge in [-0.15, -0.1) is 0 Å². The molecule has 0 saturated heterocycles. The lowest BCUT2D eigenvalue weighted by Gasteiger charge is -2.16. The predicted molar refractivity (Wildman–Crippen MR) is 68.8 cm³/mol. The van der Waals surface area contributed by atoms with Crippen LogP contribution >= 0.6 is 0 Å². The molecule has 0 atom stereocenters. The summed E-state index contributed by atoms with van der Waals surface area (Å²) in [5.41, 5.74) is 0. The van der Waals surface area contributed by atoms with Crippen molar-refractivity contribution in [3.63, 3.8) is 0 Å². The second kappa shape index (κ2) is 8.11. The molecule has 19 heavy (non-hydrogen) atoms. The Kier molecular flexibility index (Phi) is 7.62. The molecule has 0 spiro atoms. The molecule has 0 radical (unpaired) electrons. The fraction of sp³-hybridized carbons (Fsp3) is 0.818. The summed E-state index contributed by atoms with van der Waals surface area (Å²) in [5.74, 6) is -2.26. The maximum Gasteiger partial charge on any atom is 0.335 e. The van der Waals surface area contributed by atoms with Crippen LogP contribution in [0.3, 0.4) is 0 Å². The summed E-state index contributed by atoms with van der Waals surface area (Å²) in [5, 5.41) is 0. The highest BCUT2D eigenvalue weighted by Gasteiger charge is 2.33. The lowest BCUT2D eigenvalue weighted by Crippen LogP contribution is -2.49. The van der Waals surface area contributed by atoms with Crippen molar-refractivity contribution in [2.75, 3.05) is 19.0 Å². The number of sulfonamides is 1.